The van der Waals surface area contributed by atoms with Crippen LogP contribution < -0.4 is 4.90 Å². The van der Waals surface area contributed by atoms with Crippen LogP contribution in [-0.2, 0) is 13.0 Å². The molecule has 0 N–H and O–H groups in total. The molecule has 0 saturated heterocycles. The molecule has 0 aliphatic carbocycles. The van der Waals surface area contributed by atoms with Gasteiger partial charge in [-0.3, -0.25) is 4.98 Å². The Bertz CT molecular complexity index is 943. The van der Waals surface area contributed by atoms with Crippen molar-refractivity contribution in [3.8, 4) is 11.1 Å². The molecule has 0 unspecified atom stereocenters. The molecule has 0 bridgehead atoms. The molecule has 0 saturated carbocycles. The summed E-state index contributed by atoms with van der Waals surface area (Å²) >= 11 is 6.06. The van der Waals surface area contributed by atoms with Gasteiger partial charge in [-0.15, -0.1) is 0 Å². The summed E-state index contributed by atoms with van der Waals surface area (Å²) in [5.74, 6) is -1.70. The molecule has 2 nitrogen and oxygen atoms in total. The number of anilines is 1. The van der Waals surface area contributed by atoms with Gasteiger partial charge in [0.25, 0.3) is 0 Å². The lowest BCUT2D eigenvalue weighted by molar-refractivity contribution is 0.509. The standard InChI is InChI=1S/C20H15ClF2N2/c21-17-3-1-15-12-25(6-5-14(15)7-17)18-8-16(10-24-11-18)13-2-4-19(22)20(23)9-13/h1-4,7-11H,5-6,12H2. The normalized spacial score (nSPS) is 13.6. The predicted molar refractivity (Wildman–Crippen MR) is 95.8 cm³/mol. The van der Waals surface area contributed by atoms with Crippen LogP contribution in [0.25, 0.3) is 11.1 Å². The zero-order chi connectivity index (χ0) is 17.4. The van der Waals surface area contributed by atoms with E-state index in [4.69, 9.17) is 11.6 Å². The molecule has 0 fully saturated rings. The maximum Gasteiger partial charge on any atom is 0.159 e. The Morgan fingerprint density at radius 1 is 0.880 bits per heavy atom. The SMILES string of the molecule is Fc1ccc(-c2cncc(N3CCc4cc(Cl)ccc4C3)c2)cc1F. The number of rotatable bonds is 2. The average molecular weight is 357 g/mol. The summed E-state index contributed by atoms with van der Waals surface area (Å²) in [5.41, 5.74) is 4.85. The maximum atomic E-state index is 13.5. The van der Waals surface area contributed by atoms with Crippen molar-refractivity contribution in [3.63, 3.8) is 0 Å². The van der Waals surface area contributed by atoms with Gasteiger partial charge in [0.2, 0.25) is 0 Å². The molecule has 5 heteroatoms. The minimum Gasteiger partial charge on any atom is -0.366 e. The highest BCUT2D eigenvalue weighted by atomic mass is 35.5. The smallest absolute Gasteiger partial charge is 0.159 e. The lowest BCUT2D eigenvalue weighted by Gasteiger charge is -2.30. The molecule has 2 heterocycles. The van der Waals surface area contributed by atoms with Crippen molar-refractivity contribution in [2.75, 3.05) is 11.4 Å². The van der Waals surface area contributed by atoms with Crippen molar-refractivity contribution >= 4 is 17.3 Å². The molecule has 3 aromatic rings. The summed E-state index contributed by atoms with van der Waals surface area (Å²) in [6, 6.07) is 11.8. The fourth-order valence-electron chi connectivity index (χ4n) is 3.18. The minimum atomic E-state index is -0.855. The molecule has 0 atom stereocenters. The predicted octanol–water partition coefficient (Wildman–Crippen LogP) is 5.24. The van der Waals surface area contributed by atoms with E-state index < -0.39 is 11.6 Å². The van der Waals surface area contributed by atoms with Crippen LogP contribution in [0.4, 0.5) is 14.5 Å². The highest BCUT2D eigenvalue weighted by molar-refractivity contribution is 6.30. The first kappa shape index (κ1) is 16.0. The summed E-state index contributed by atoms with van der Waals surface area (Å²) in [6.45, 7) is 1.63. The van der Waals surface area contributed by atoms with Gasteiger partial charge in [0.05, 0.1) is 11.9 Å². The number of fused-ring (bicyclic) bond motifs is 1. The molecule has 1 aliphatic heterocycles. The van der Waals surface area contributed by atoms with Crippen molar-refractivity contribution in [1.29, 1.82) is 0 Å². The lowest BCUT2D eigenvalue weighted by atomic mass is 9.99. The third kappa shape index (κ3) is 3.22. The molecule has 126 valence electrons. The summed E-state index contributed by atoms with van der Waals surface area (Å²) < 4.78 is 26.6. The topological polar surface area (TPSA) is 16.1 Å². The highest BCUT2D eigenvalue weighted by Gasteiger charge is 2.17. The van der Waals surface area contributed by atoms with Crippen LogP contribution in [0.15, 0.2) is 54.9 Å². The second kappa shape index (κ2) is 6.45. The fourth-order valence-corrected chi connectivity index (χ4v) is 3.37. The van der Waals surface area contributed by atoms with Crippen LogP contribution in [0.1, 0.15) is 11.1 Å². The van der Waals surface area contributed by atoms with Gasteiger partial charge in [0.1, 0.15) is 0 Å². The van der Waals surface area contributed by atoms with Crippen molar-refractivity contribution in [2.24, 2.45) is 0 Å². The van der Waals surface area contributed by atoms with Gasteiger partial charge in [0.15, 0.2) is 11.6 Å². The number of nitrogens with zero attached hydrogens (tertiary/aromatic N) is 2. The van der Waals surface area contributed by atoms with Crippen LogP contribution in [0.5, 0.6) is 0 Å². The Labute approximate surface area is 149 Å². The van der Waals surface area contributed by atoms with Crippen molar-refractivity contribution in [3.05, 3.63) is 82.6 Å². The molecule has 25 heavy (non-hydrogen) atoms. The monoisotopic (exact) mass is 356 g/mol. The minimum absolute atomic E-state index is 0.609. The first-order chi connectivity index (χ1) is 12.1. The summed E-state index contributed by atoms with van der Waals surface area (Å²) in [4.78, 5) is 6.51. The first-order valence-corrected chi connectivity index (χ1v) is 8.41. The molecule has 0 spiro atoms. The number of benzene rings is 2. The first-order valence-electron chi connectivity index (χ1n) is 8.03. The van der Waals surface area contributed by atoms with Crippen LogP contribution in [0.3, 0.4) is 0 Å². The number of halogens is 3. The number of hydrogen-bond donors (Lipinski definition) is 0. The maximum absolute atomic E-state index is 13.5. The Morgan fingerprint density at radius 3 is 2.60 bits per heavy atom. The fraction of sp³-hybridized carbons (Fsp3) is 0.150. The quantitative estimate of drug-likeness (QED) is 0.624. The largest absolute Gasteiger partial charge is 0.366 e. The van der Waals surface area contributed by atoms with Crippen molar-refractivity contribution in [2.45, 2.75) is 13.0 Å². The van der Waals surface area contributed by atoms with Crippen LogP contribution in [0.2, 0.25) is 5.02 Å². The van der Waals surface area contributed by atoms with E-state index in [1.165, 1.54) is 17.2 Å². The third-order valence-corrected chi connectivity index (χ3v) is 4.76. The Morgan fingerprint density at radius 2 is 1.76 bits per heavy atom. The van der Waals surface area contributed by atoms with Gasteiger partial charge in [-0.05, 0) is 53.4 Å². The molecule has 4 rings (SSSR count). The van der Waals surface area contributed by atoms with Gasteiger partial charge in [-0.2, -0.15) is 0 Å². The van der Waals surface area contributed by atoms with Crippen LogP contribution in [-0.4, -0.2) is 11.5 Å². The van der Waals surface area contributed by atoms with Crippen LogP contribution >= 0.6 is 11.6 Å². The molecule has 0 amide bonds. The zero-order valence-electron chi connectivity index (χ0n) is 13.3. The van der Waals surface area contributed by atoms with E-state index in [1.54, 1.807) is 18.5 Å². The van der Waals surface area contributed by atoms with Gasteiger partial charge in [0, 0.05) is 29.9 Å². The molecular weight excluding hydrogens is 342 g/mol. The number of pyridine rings is 1. The third-order valence-electron chi connectivity index (χ3n) is 4.52. The molecule has 0 radical (unpaired) electrons. The van der Waals surface area contributed by atoms with Crippen LogP contribution in [0, 0.1) is 11.6 Å². The second-order valence-electron chi connectivity index (χ2n) is 6.15. The van der Waals surface area contributed by atoms with Crippen molar-refractivity contribution < 1.29 is 8.78 Å². The Balaban J connectivity index is 1.63. The van der Waals surface area contributed by atoms with Gasteiger partial charge in [-0.1, -0.05) is 23.7 Å². The van der Waals surface area contributed by atoms with E-state index in [9.17, 15) is 8.78 Å². The van der Waals surface area contributed by atoms with Gasteiger partial charge >= 0.3 is 0 Å². The second-order valence-corrected chi connectivity index (χ2v) is 6.58. The zero-order valence-corrected chi connectivity index (χ0v) is 14.1. The van der Waals surface area contributed by atoms with E-state index in [2.05, 4.69) is 16.0 Å². The summed E-state index contributed by atoms with van der Waals surface area (Å²) in [6.07, 6.45) is 4.36. The number of aromatic nitrogens is 1. The highest BCUT2D eigenvalue weighted by Crippen LogP contribution is 2.29. The van der Waals surface area contributed by atoms with E-state index in [0.29, 0.717) is 5.56 Å². The van der Waals surface area contributed by atoms with E-state index >= 15 is 0 Å². The molecule has 1 aliphatic rings. The lowest BCUT2D eigenvalue weighted by Crippen LogP contribution is -2.30. The molecule has 1 aromatic heterocycles. The van der Waals surface area contributed by atoms with Crippen molar-refractivity contribution in [1.82, 2.24) is 4.98 Å². The van der Waals surface area contributed by atoms with E-state index in [0.717, 1.165) is 41.9 Å². The Kier molecular flexibility index (Phi) is 4.14. The Hall–Kier alpha value is -2.46. The summed E-state index contributed by atoms with van der Waals surface area (Å²) in [7, 11) is 0. The molecule has 2 aromatic carbocycles. The number of hydrogen-bond acceptors (Lipinski definition) is 2. The van der Waals surface area contributed by atoms with E-state index in [1.807, 2.05) is 18.2 Å². The van der Waals surface area contributed by atoms with E-state index in [-0.39, 0.29) is 0 Å². The average Bonchev–Trinajstić information content (AvgIpc) is 2.63. The van der Waals surface area contributed by atoms with Gasteiger partial charge < -0.3 is 4.90 Å². The van der Waals surface area contributed by atoms with Gasteiger partial charge in [-0.25, -0.2) is 8.78 Å². The summed E-state index contributed by atoms with van der Waals surface area (Å²) in [5, 5.41) is 0.759. The molecular formula is C20H15ClF2N2.